The monoisotopic (exact) mass is 373 g/mol. The van der Waals surface area contributed by atoms with Crippen molar-refractivity contribution < 1.29 is 13.2 Å². The van der Waals surface area contributed by atoms with Crippen LogP contribution in [0.15, 0.2) is 30.3 Å². The van der Waals surface area contributed by atoms with E-state index in [2.05, 4.69) is 10.4 Å². The van der Waals surface area contributed by atoms with Crippen molar-refractivity contribution in [2.45, 2.75) is 44.7 Å². The molecule has 0 radical (unpaired) electrons. The van der Waals surface area contributed by atoms with Gasteiger partial charge in [0.2, 0.25) is 0 Å². The second-order valence-electron chi connectivity index (χ2n) is 7.40. The zero-order chi connectivity index (χ0) is 18.3. The van der Waals surface area contributed by atoms with E-state index >= 15 is 0 Å². The summed E-state index contributed by atoms with van der Waals surface area (Å²) in [7, 11) is -2.99. The number of sulfone groups is 1. The Bertz CT molecular complexity index is 927. The highest BCUT2D eigenvalue weighted by molar-refractivity contribution is 7.91. The van der Waals surface area contributed by atoms with E-state index < -0.39 is 9.84 Å². The maximum absolute atomic E-state index is 12.5. The van der Waals surface area contributed by atoms with Gasteiger partial charge in [0.25, 0.3) is 5.91 Å². The molecule has 1 atom stereocenters. The fourth-order valence-corrected chi connectivity index (χ4v) is 5.14. The zero-order valence-electron chi connectivity index (χ0n) is 14.8. The van der Waals surface area contributed by atoms with Crippen molar-refractivity contribution in [3.8, 4) is 0 Å². The summed E-state index contributed by atoms with van der Waals surface area (Å²) < 4.78 is 25.4. The van der Waals surface area contributed by atoms with Gasteiger partial charge in [-0.1, -0.05) is 29.8 Å². The van der Waals surface area contributed by atoms with Gasteiger partial charge in [0.15, 0.2) is 9.84 Å². The Morgan fingerprint density at radius 1 is 1.23 bits per heavy atom. The molecule has 6 nitrogen and oxygen atoms in total. The molecule has 1 N–H and O–H groups in total. The van der Waals surface area contributed by atoms with E-state index in [-0.39, 0.29) is 23.5 Å². The minimum atomic E-state index is -2.99. The second kappa shape index (κ2) is 6.54. The number of hydrogen-bond donors (Lipinski definition) is 1. The maximum Gasteiger partial charge on any atom is 0.272 e. The SMILES string of the molecule is Cc1ccc(CNC(=O)c2cc(C3CC3)n(C3CCS(=O)(=O)C3)n2)cc1. The first-order valence-corrected chi connectivity index (χ1v) is 10.9. The van der Waals surface area contributed by atoms with E-state index in [0.717, 1.165) is 24.1 Å². The standard InChI is InChI=1S/C19H23N3O3S/c1-13-2-4-14(5-3-13)11-20-19(23)17-10-18(15-6-7-15)22(21-17)16-8-9-26(24,25)12-16/h2-5,10,15-16H,6-9,11-12H2,1H3,(H,20,23). The van der Waals surface area contributed by atoms with Gasteiger partial charge in [-0.25, -0.2) is 8.42 Å². The van der Waals surface area contributed by atoms with E-state index in [9.17, 15) is 13.2 Å². The van der Waals surface area contributed by atoms with E-state index in [1.807, 2.05) is 41.9 Å². The van der Waals surface area contributed by atoms with Crippen molar-refractivity contribution in [3.05, 3.63) is 52.8 Å². The van der Waals surface area contributed by atoms with E-state index in [0.29, 0.717) is 24.6 Å². The number of carbonyl (C=O) groups is 1. The summed E-state index contributed by atoms with van der Waals surface area (Å²) in [4.78, 5) is 12.5. The van der Waals surface area contributed by atoms with Crippen LogP contribution in [-0.4, -0.2) is 35.6 Å². The zero-order valence-corrected chi connectivity index (χ0v) is 15.6. The number of rotatable bonds is 5. The Kier molecular flexibility index (Phi) is 4.34. The van der Waals surface area contributed by atoms with Crippen LogP contribution in [0.3, 0.4) is 0 Å². The van der Waals surface area contributed by atoms with Crippen molar-refractivity contribution >= 4 is 15.7 Å². The molecule has 1 amide bonds. The molecule has 1 unspecified atom stereocenters. The Labute approximate surface area is 153 Å². The van der Waals surface area contributed by atoms with Gasteiger partial charge in [0.05, 0.1) is 17.5 Å². The van der Waals surface area contributed by atoms with Crippen LogP contribution in [0.1, 0.15) is 58.5 Å². The molecule has 1 aliphatic carbocycles. The molecule has 1 saturated heterocycles. The summed E-state index contributed by atoms with van der Waals surface area (Å²) in [6, 6.07) is 9.71. The summed E-state index contributed by atoms with van der Waals surface area (Å²) in [6.07, 6.45) is 2.74. The Morgan fingerprint density at radius 3 is 2.58 bits per heavy atom. The Hall–Kier alpha value is -2.15. The molecule has 0 bridgehead atoms. The summed E-state index contributed by atoms with van der Waals surface area (Å²) in [5.41, 5.74) is 3.60. The molecule has 26 heavy (non-hydrogen) atoms. The third-order valence-corrected chi connectivity index (χ3v) is 6.87. The molecule has 2 aromatic rings. The lowest BCUT2D eigenvalue weighted by atomic mass is 10.1. The number of aromatic nitrogens is 2. The number of nitrogens with one attached hydrogen (secondary N) is 1. The molecule has 1 saturated carbocycles. The predicted octanol–water partition coefficient (Wildman–Crippen LogP) is 2.36. The lowest BCUT2D eigenvalue weighted by Crippen LogP contribution is -2.24. The van der Waals surface area contributed by atoms with Gasteiger partial charge in [-0.15, -0.1) is 0 Å². The van der Waals surface area contributed by atoms with Gasteiger partial charge in [-0.2, -0.15) is 5.10 Å². The summed E-state index contributed by atoms with van der Waals surface area (Å²) in [6.45, 7) is 2.47. The molecule has 1 aliphatic heterocycles. The maximum atomic E-state index is 12.5. The van der Waals surface area contributed by atoms with Crippen LogP contribution in [-0.2, 0) is 16.4 Å². The molecule has 4 rings (SSSR count). The van der Waals surface area contributed by atoms with Crippen LogP contribution in [0.5, 0.6) is 0 Å². The van der Waals surface area contributed by atoms with Crippen molar-refractivity contribution in [2.75, 3.05) is 11.5 Å². The first-order valence-electron chi connectivity index (χ1n) is 9.05. The van der Waals surface area contributed by atoms with E-state index in [1.54, 1.807) is 0 Å². The molecule has 1 aromatic carbocycles. The topological polar surface area (TPSA) is 81.1 Å². The largest absolute Gasteiger partial charge is 0.347 e. The lowest BCUT2D eigenvalue weighted by molar-refractivity contribution is 0.0945. The highest BCUT2D eigenvalue weighted by Crippen LogP contribution is 2.42. The van der Waals surface area contributed by atoms with Crippen molar-refractivity contribution in [1.29, 1.82) is 0 Å². The average Bonchev–Trinajstić information content (AvgIpc) is 3.25. The second-order valence-corrected chi connectivity index (χ2v) is 9.63. The number of hydrogen-bond acceptors (Lipinski definition) is 4. The number of nitrogens with zero attached hydrogens (tertiary/aromatic N) is 2. The highest BCUT2D eigenvalue weighted by atomic mass is 32.2. The van der Waals surface area contributed by atoms with Gasteiger partial charge in [-0.05, 0) is 37.8 Å². The third-order valence-electron chi connectivity index (χ3n) is 5.12. The smallest absolute Gasteiger partial charge is 0.272 e. The van der Waals surface area contributed by atoms with Crippen LogP contribution >= 0.6 is 0 Å². The molecule has 7 heteroatoms. The first kappa shape index (κ1) is 17.3. The van der Waals surface area contributed by atoms with Crippen LogP contribution in [0.4, 0.5) is 0 Å². The third kappa shape index (κ3) is 3.67. The molecular weight excluding hydrogens is 350 g/mol. The van der Waals surface area contributed by atoms with Crippen LogP contribution < -0.4 is 5.32 Å². The van der Waals surface area contributed by atoms with Crippen LogP contribution in [0, 0.1) is 6.92 Å². The van der Waals surface area contributed by atoms with E-state index in [4.69, 9.17) is 0 Å². The molecule has 2 fully saturated rings. The number of carbonyl (C=O) groups excluding carboxylic acids is 1. The highest BCUT2D eigenvalue weighted by Gasteiger charge is 2.36. The summed E-state index contributed by atoms with van der Waals surface area (Å²) in [5.74, 6) is 0.520. The summed E-state index contributed by atoms with van der Waals surface area (Å²) in [5, 5.41) is 7.39. The molecule has 1 aromatic heterocycles. The summed E-state index contributed by atoms with van der Waals surface area (Å²) >= 11 is 0. The number of benzene rings is 1. The van der Waals surface area contributed by atoms with E-state index in [1.165, 1.54) is 5.56 Å². The van der Waals surface area contributed by atoms with Crippen molar-refractivity contribution in [1.82, 2.24) is 15.1 Å². The van der Waals surface area contributed by atoms with Gasteiger partial charge >= 0.3 is 0 Å². The molecular formula is C19H23N3O3S. The molecule has 2 aliphatic rings. The van der Waals surface area contributed by atoms with Gasteiger partial charge in [-0.3, -0.25) is 9.48 Å². The molecule has 138 valence electrons. The van der Waals surface area contributed by atoms with Gasteiger partial charge in [0.1, 0.15) is 5.69 Å². The number of aryl methyl sites for hydroxylation is 1. The molecule has 2 heterocycles. The normalized spacial score (nSPS) is 21.7. The Morgan fingerprint density at radius 2 is 1.96 bits per heavy atom. The minimum Gasteiger partial charge on any atom is -0.347 e. The lowest BCUT2D eigenvalue weighted by Gasteiger charge is -2.12. The fraction of sp³-hybridized carbons (Fsp3) is 0.474. The van der Waals surface area contributed by atoms with Gasteiger partial charge < -0.3 is 5.32 Å². The van der Waals surface area contributed by atoms with Crippen LogP contribution in [0.2, 0.25) is 0 Å². The number of amides is 1. The predicted molar refractivity (Wildman–Crippen MR) is 98.9 cm³/mol. The quantitative estimate of drug-likeness (QED) is 0.872. The minimum absolute atomic E-state index is 0.124. The van der Waals surface area contributed by atoms with Crippen LogP contribution in [0.25, 0.3) is 0 Å². The molecule has 0 spiro atoms. The van der Waals surface area contributed by atoms with Crippen molar-refractivity contribution in [2.24, 2.45) is 0 Å². The average molecular weight is 373 g/mol. The van der Waals surface area contributed by atoms with Gasteiger partial charge in [0, 0.05) is 18.2 Å². The fourth-order valence-electron chi connectivity index (χ4n) is 3.44. The first-order chi connectivity index (χ1) is 12.4. The van der Waals surface area contributed by atoms with Crippen molar-refractivity contribution in [3.63, 3.8) is 0 Å². The Balaban J connectivity index is 1.50.